The van der Waals surface area contributed by atoms with Gasteiger partial charge in [-0.25, -0.2) is 13.4 Å². The molecule has 0 spiro atoms. The zero-order chi connectivity index (χ0) is 35.3. The van der Waals surface area contributed by atoms with Crippen LogP contribution in [0.1, 0.15) is 40.9 Å². The number of carbonyl (C=O) groups excluding carboxylic acids is 5. The number of halogens is 1. The van der Waals surface area contributed by atoms with Crippen molar-refractivity contribution in [3.63, 3.8) is 0 Å². The van der Waals surface area contributed by atoms with Gasteiger partial charge >= 0.3 is 10.2 Å². The van der Waals surface area contributed by atoms with E-state index in [1.807, 2.05) is 6.07 Å². The Morgan fingerprint density at radius 1 is 1.08 bits per heavy atom. The monoisotopic (exact) mass is 705 g/mol. The van der Waals surface area contributed by atoms with Gasteiger partial charge in [0, 0.05) is 47.3 Å². The van der Waals surface area contributed by atoms with E-state index in [9.17, 15) is 37.5 Å². The first-order valence-corrected chi connectivity index (χ1v) is 16.8. The van der Waals surface area contributed by atoms with Crippen LogP contribution in [0.5, 0.6) is 5.75 Å². The molecule has 258 valence electrons. The van der Waals surface area contributed by atoms with Crippen molar-refractivity contribution < 1.29 is 41.9 Å². The molecule has 50 heavy (non-hydrogen) atoms. The Bertz CT molecular complexity index is 2240. The highest BCUT2D eigenvalue weighted by atomic mass is 32.2. The Kier molecular flexibility index (Phi) is 8.05. The molecule has 4 heterocycles. The van der Waals surface area contributed by atoms with Crippen LogP contribution in [0.2, 0.25) is 0 Å². The number of benzene rings is 3. The van der Waals surface area contributed by atoms with Crippen molar-refractivity contribution in [1.82, 2.24) is 29.9 Å². The van der Waals surface area contributed by atoms with Gasteiger partial charge in [0.15, 0.2) is 5.82 Å². The highest BCUT2D eigenvalue weighted by Gasteiger charge is 2.40. The van der Waals surface area contributed by atoms with Gasteiger partial charge in [-0.3, -0.25) is 34.0 Å². The van der Waals surface area contributed by atoms with Gasteiger partial charge < -0.3 is 20.6 Å². The zero-order valence-electron chi connectivity index (χ0n) is 26.0. The molecule has 0 saturated carbocycles. The number of rotatable bonds is 9. The molecule has 0 aliphatic carbocycles. The SMILES string of the molecule is O=C1CCC(N2Cc3c(NCc4cn(CCC(=O)Nc5ccc6c(F)c(N7CC(=O)NS7(=O)=O)c(O)cc6c5)nn4)cccc3C2=O)C(=O)N1. The summed E-state index contributed by atoms with van der Waals surface area (Å²) in [6.07, 6.45) is 2.09. The minimum atomic E-state index is -4.35. The average molecular weight is 706 g/mol. The number of aryl methyl sites for hydroxylation is 1. The Hall–Kier alpha value is -6.11. The average Bonchev–Trinajstić information content (AvgIpc) is 3.73. The molecule has 19 heteroatoms. The van der Waals surface area contributed by atoms with Crippen LogP contribution in [-0.4, -0.2) is 75.5 Å². The number of imide groups is 1. The Labute approximate surface area is 282 Å². The molecule has 2 fully saturated rings. The second-order valence-corrected chi connectivity index (χ2v) is 13.5. The number of carbonyl (C=O) groups is 5. The van der Waals surface area contributed by atoms with E-state index >= 15 is 4.39 Å². The van der Waals surface area contributed by atoms with E-state index in [1.165, 1.54) is 27.8 Å². The highest BCUT2D eigenvalue weighted by molar-refractivity contribution is 7.92. The van der Waals surface area contributed by atoms with Crippen LogP contribution in [0.25, 0.3) is 10.8 Å². The highest BCUT2D eigenvalue weighted by Crippen LogP contribution is 2.39. The Balaban J connectivity index is 0.949. The molecule has 1 aromatic heterocycles. The summed E-state index contributed by atoms with van der Waals surface area (Å²) in [5, 5.41) is 27.1. The van der Waals surface area contributed by atoms with Crippen molar-refractivity contribution in [2.24, 2.45) is 0 Å². The number of nitrogens with one attached hydrogen (secondary N) is 4. The van der Waals surface area contributed by atoms with Gasteiger partial charge in [0.1, 0.15) is 29.7 Å². The second-order valence-electron chi connectivity index (χ2n) is 11.9. The van der Waals surface area contributed by atoms with Crippen molar-refractivity contribution in [2.45, 2.75) is 44.9 Å². The van der Waals surface area contributed by atoms with E-state index in [2.05, 4.69) is 26.3 Å². The van der Waals surface area contributed by atoms with Gasteiger partial charge in [-0.2, -0.15) is 8.42 Å². The van der Waals surface area contributed by atoms with E-state index in [1.54, 1.807) is 23.1 Å². The van der Waals surface area contributed by atoms with Crippen molar-refractivity contribution in [3.8, 4) is 5.75 Å². The quantitative estimate of drug-likeness (QED) is 0.154. The van der Waals surface area contributed by atoms with Gasteiger partial charge in [0.05, 0.1) is 19.3 Å². The van der Waals surface area contributed by atoms with E-state index in [-0.39, 0.29) is 61.5 Å². The number of phenolic OH excluding ortho intramolecular Hbond substituents is 1. The topological polar surface area (TPSA) is 225 Å². The summed E-state index contributed by atoms with van der Waals surface area (Å²) in [4.78, 5) is 62.8. The minimum absolute atomic E-state index is 0.00510. The molecule has 4 aromatic rings. The van der Waals surface area contributed by atoms with Crippen LogP contribution < -0.4 is 25.0 Å². The fraction of sp³-hybridized carbons (Fsp3) is 0.258. The first kappa shape index (κ1) is 32.4. The number of hydrogen-bond donors (Lipinski definition) is 5. The molecular weight excluding hydrogens is 677 g/mol. The van der Waals surface area contributed by atoms with Crippen LogP contribution in [0, 0.1) is 5.82 Å². The third-order valence-corrected chi connectivity index (χ3v) is 9.96. The molecule has 17 nitrogen and oxygen atoms in total. The van der Waals surface area contributed by atoms with Gasteiger partial charge in [-0.05, 0) is 48.2 Å². The van der Waals surface area contributed by atoms with Gasteiger partial charge in [-0.15, -0.1) is 5.10 Å². The van der Waals surface area contributed by atoms with Crippen LogP contribution in [-0.2, 0) is 49.0 Å². The lowest BCUT2D eigenvalue weighted by molar-refractivity contribution is -0.137. The van der Waals surface area contributed by atoms with E-state index in [0.29, 0.717) is 26.9 Å². The number of aromatic nitrogens is 3. The number of aromatic hydroxyl groups is 1. The fourth-order valence-electron chi connectivity index (χ4n) is 6.20. The first-order chi connectivity index (χ1) is 23.9. The molecule has 3 aromatic carbocycles. The van der Waals surface area contributed by atoms with Crippen molar-refractivity contribution >= 4 is 67.6 Å². The lowest BCUT2D eigenvalue weighted by atomic mass is 10.0. The largest absolute Gasteiger partial charge is 0.506 e. The number of nitrogens with zero attached hydrogens (tertiary/aromatic N) is 5. The number of hydrogen-bond acceptors (Lipinski definition) is 11. The fourth-order valence-corrected chi connectivity index (χ4v) is 7.37. The van der Waals surface area contributed by atoms with Crippen LogP contribution in [0.4, 0.5) is 21.5 Å². The summed E-state index contributed by atoms with van der Waals surface area (Å²) in [5.74, 6) is -4.12. The van der Waals surface area contributed by atoms with E-state index < -0.39 is 57.8 Å². The maximum absolute atomic E-state index is 15.3. The number of amides is 5. The molecule has 2 saturated heterocycles. The molecule has 5 amide bonds. The van der Waals surface area contributed by atoms with E-state index in [0.717, 1.165) is 11.6 Å². The van der Waals surface area contributed by atoms with Gasteiger partial charge in [0.25, 0.3) is 11.8 Å². The van der Waals surface area contributed by atoms with Gasteiger partial charge in [-0.1, -0.05) is 11.3 Å². The minimum Gasteiger partial charge on any atom is -0.506 e. The van der Waals surface area contributed by atoms with Crippen LogP contribution in [0.15, 0.2) is 48.7 Å². The maximum Gasteiger partial charge on any atom is 0.326 e. The number of piperidine rings is 1. The number of anilines is 3. The summed E-state index contributed by atoms with van der Waals surface area (Å²) < 4.78 is 43.4. The third-order valence-electron chi connectivity index (χ3n) is 8.58. The third kappa shape index (κ3) is 6.02. The van der Waals surface area contributed by atoms with Crippen molar-refractivity contribution in [3.05, 3.63) is 71.3 Å². The number of phenols is 1. The normalized spacial score (nSPS) is 18.3. The molecule has 3 aliphatic rings. The lowest BCUT2D eigenvalue weighted by Crippen LogP contribution is -2.52. The molecule has 1 atom stereocenters. The number of fused-ring (bicyclic) bond motifs is 2. The predicted molar refractivity (Wildman–Crippen MR) is 173 cm³/mol. The molecule has 0 bridgehead atoms. The molecule has 0 radical (unpaired) electrons. The standard InChI is InChI=1S/C31H28FN9O8S/c32-28-19-5-4-17(10-16(19)11-24(42)29(28)41-15-27(45)37-50(41,48)49)34-26(44)8-9-39-13-18(36-38-39)12-33-22-3-1-2-20-21(22)14-40(31(20)47)23-6-7-25(43)35-30(23)46/h1-5,10-11,13,23,33,42H,6-9,12,14-15H2,(H,34,44)(H,37,45)(H,35,43,46). The van der Waals surface area contributed by atoms with Gasteiger partial charge in [0.2, 0.25) is 17.7 Å². The van der Waals surface area contributed by atoms with E-state index in [4.69, 9.17) is 0 Å². The summed E-state index contributed by atoms with van der Waals surface area (Å²) >= 11 is 0. The molecule has 5 N–H and O–H groups in total. The van der Waals surface area contributed by atoms with Crippen LogP contribution in [0.3, 0.4) is 0 Å². The molecular formula is C31H28FN9O8S. The van der Waals surface area contributed by atoms with Crippen molar-refractivity contribution in [2.75, 3.05) is 21.5 Å². The Morgan fingerprint density at radius 3 is 2.66 bits per heavy atom. The van der Waals surface area contributed by atoms with Crippen LogP contribution >= 0.6 is 0 Å². The maximum atomic E-state index is 15.3. The summed E-state index contributed by atoms with van der Waals surface area (Å²) in [5.41, 5.74) is 2.09. The van der Waals surface area contributed by atoms with Crippen molar-refractivity contribution in [1.29, 1.82) is 0 Å². The summed E-state index contributed by atoms with van der Waals surface area (Å²) in [6.45, 7) is -0.0325. The Morgan fingerprint density at radius 2 is 1.90 bits per heavy atom. The smallest absolute Gasteiger partial charge is 0.326 e. The lowest BCUT2D eigenvalue weighted by Gasteiger charge is -2.29. The predicted octanol–water partition coefficient (Wildman–Crippen LogP) is 0.859. The first-order valence-electron chi connectivity index (χ1n) is 15.4. The molecule has 3 aliphatic heterocycles. The molecule has 7 rings (SSSR count). The zero-order valence-corrected chi connectivity index (χ0v) is 26.8. The second kappa shape index (κ2) is 12.4. The summed E-state index contributed by atoms with van der Waals surface area (Å²) in [7, 11) is -4.35. The summed E-state index contributed by atoms with van der Waals surface area (Å²) in [6, 6.07) is 9.81. The molecule has 1 unspecified atom stereocenters.